The van der Waals surface area contributed by atoms with Crippen LogP contribution in [0.5, 0.6) is 0 Å². The number of aromatic nitrogens is 2. The smallest absolute Gasteiger partial charge is 0.110 e. The van der Waals surface area contributed by atoms with Gasteiger partial charge in [0.05, 0.1) is 5.92 Å². The molecule has 0 aromatic carbocycles. The summed E-state index contributed by atoms with van der Waals surface area (Å²) < 4.78 is 0. The molecule has 0 spiro atoms. The summed E-state index contributed by atoms with van der Waals surface area (Å²) in [5.41, 5.74) is 2.38. The van der Waals surface area contributed by atoms with E-state index in [1.807, 2.05) is 36.9 Å². The van der Waals surface area contributed by atoms with Crippen LogP contribution >= 0.6 is 0 Å². The summed E-state index contributed by atoms with van der Waals surface area (Å²) in [5, 5.41) is 6.60. The first kappa shape index (κ1) is 9.15. The Labute approximate surface area is 93.8 Å². The number of rotatable bonds is 3. The van der Waals surface area contributed by atoms with E-state index in [4.69, 9.17) is 0 Å². The lowest BCUT2D eigenvalue weighted by Gasteiger charge is -2.23. The van der Waals surface area contributed by atoms with Crippen molar-refractivity contribution in [3.8, 4) is 0 Å². The van der Waals surface area contributed by atoms with Gasteiger partial charge in [0.15, 0.2) is 0 Å². The monoisotopic (exact) mass is 214 g/mol. The number of hydrogen-bond acceptors (Lipinski definition) is 2. The van der Waals surface area contributed by atoms with Gasteiger partial charge < -0.3 is 20.6 Å². The van der Waals surface area contributed by atoms with Crippen LogP contribution in [0.3, 0.4) is 0 Å². The predicted molar refractivity (Wildman–Crippen MR) is 62.6 cm³/mol. The highest BCUT2D eigenvalue weighted by Crippen LogP contribution is 2.25. The molecule has 4 N–H and O–H groups in total. The van der Waals surface area contributed by atoms with Crippen LogP contribution < -0.4 is 10.6 Å². The third kappa shape index (κ3) is 1.48. The Hall–Kier alpha value is -2.10. The van der Waals surface area contributed by atoms with E-state index >= 15 is 0 Å². The van der Waals surface area contributed by atoms with Crippen molar-refractivity contribution in [1.29, 1.82) is 0 Å². The highest BCUT2D eigenvalue weighted by molar-refractivity contribution is 5.27. The van der Waals surface area contributed by atoms with Crippen LogP contribution in [0.15, 0.2) is 49.1 Å². The summed E-state index contributed by atoms with van der Waals surface area (Å²) >= 11 is 0. The summed E-state index contributed by atoms with van der Waals surface area (Å²) in [7, 11) is 0. The Morgan fingerprint density at radius 1 is 0.875 bits per heavy atom. The van der Waals surface area contributed by atoms with Gasteiger partial charge in [-0.2, -0.15) is 0 Å². The molecule has 0 atom stereocenters. The van der Waals surface area contributed by atoms with E-state index in [0.29, 0.717) is 0 Å². The van der Waals surface area contributed by atoms with E-state index in [-0.39, 0.29) is 12.1 Å². The van der Waals surface area contributed by atoms with E-state index < -0.39 is 0 Å². The third-order valence-corrected chi connectivity index (χ3v) is 2.88. The summed E-state index contributed by atoms with van der Waals surface area (Å²) in [6.07, 6.45) is 7.96. The van der Waals surface area contributed by atoms with Crippen LogP contribution in [0.1, 0.15) is 17.3 Å². The molecule has 2 aromatic heterocycles. The van der Waals surface area contributed by atoms with Gasteiger partial charge in [-0.15, -0.1) is 0 Å². The van der Waals surface area contributed by atoms with Crippen LogP contribution in [0.2, 0.25) is 0 Å². The van der Waals surface area contributed by atoms with Crippen molar-refractivity contribution in [3.05, 3.63) is 60.4 Å². The molecule has 0 aliphatic carbocycles. The van der Waals surface area contributed by atoms with Crippen molar-refractivity contribution in [2.75, 3.05) is 0 Å². The van der Waals surface area contributed by atoms with Gasteiger partial charge in [0.2, 0.25) is 0 Å². The minimum Gasteiger partial charge on any atom is -0.369 e. The lowest BCUT2D eigenvalue weighted by atomic mass is 9.98. The molecule has 0 saturated carbocycles. The van der Waals surface area contributed by atoms with Crippen LogP contribution in [-0.2, 0) is 0 Å². The van der Waals surface area contributed by atoms with Gasteiger partial charge in [0.25, 0.3) is 0 Å². The quantitative estimate of drug-likeness (QED) is 0.625. The summed E-state index contributed by atoms with van der Waals surface area (Å²) in [4.78, 5) is 6.55. The van der Waals surface area contributed by atoms with Crippen molar-refractivity contribution in [3.63, 3.8) is 0 Å². The molecule has 2 aromatic rings. The first-order chi connectivity index (χ1) is 7.95. The van der Waals surface area contributed by atoms with E-state index in [0.717, 1.165) is 0 Å². The average molecular weight is 214 g/mol. The number of nitrogens with one attached hydrogen (secondary N) is 4. The van der Waals surface area contributed by atoms with E-state index in [2.05, 4.69) is 32.7 Å². The van der Waals surface area contributed by atoms with E-state index in [1.165, 1.54) is 11.4 Å². The lowest BCUT2D eigenvalue weighted by molar-refractivity contribution is 0.497. The molecule has 1 aliphatic rings. The van der Waals surface area contributed by atoms with Crippen molar-refractivity contribution in [2.45, 2.75) is 12.1 Å². The zero-order valence-corrected chi connectivity index (χ0v) is 8.77. The zero-order chi connectivity index (χ0) is 10.8. The van der Waals surface area contributed by atoms with Crippen LogP contribution in [0, 0.1) is 0 Å². The largest absolute Gasteiger partial charge is 0.369 e. The Morgan fingerprint density at radius 3 is 1.88 bits per heavy atom. The maximum Gasteiger partial charge on any atom is 0.110 e. The highest BCUT2D eigenvalue weighted by atomic mass is 15.2. The number of H-pyrrole nitrogens is 2. The topological polar surface area (TPSA) is 55.6 Å². The van der Waals surface area contributed by atoms with Crippen molar-refractivity contribution < 1.29 is 0 Å². The molecular formula is C12H14N4. The molecule has 16 heavy (non-hydrogen) atoms. The molecule has 3 heterocycles. The normalized spacial score (nSPS) is 15.3. The van der Waals surface area contributed by atoms with Crippen molar-refractivity contribution in [2.24, 2.45) is 0 Å². The Bertz CT molecular complexity index is 413. The van der Waals surface area contributed by atoms with Gasteiger partial charge in [0.1, 0.15) is 6.17 Å². The van der Waals surface area contributed by atoms with Gasteiger partial charge in [-0.1, -0.05) is 0 Å². The molecule has 0 bridgehead atoms. The second-order valence-corrected chi connectivity index (χ2v) is 3.87. The Balaban J connectivity index is 1.95. The predicted octanol–water partition coefficient (Wildman–Crippen LogP) is 1.46. The third-order valence-electron chi connectivity index (χ3n) is 2.88. The SMILES string of the molecule is C1=CNC(C(c2ccc[nH]2)c2ccc[nH]2)N1. The molecule has 3 rings (SSSR count). The van der Waals surface area contributed by atoms with Gasteiger partial charge >= 0.3 is 0 Å². The Kier molecular flexibility index (Phi) is 2.18. The molecule has 0 unspecified atom stereocenters. The van der Waals surface area contributed by atoms with Crippen LogP contribution in [-0.4, -0.2) is 16.1 Å². The van der Waals surface area contributed by atoms with Gasteiger partial charge in [-0.05, 0) is 24.3 Å². The summed E-state index contributed by atoms with van der Waals surface area (Å²) in [6.45, 7) is 0. The van der Waals surface area contributed by atoms with Gasteiger partial charge in [-0.3, -0.25) is 0 Å². The first-order valence-corrected chi connectivity index (χ1v) is 5.39. The first-order valence-electron chi connectivity index (χ1n) is 5.39. The van der Waals surface area contributed by atoms with E-state index in [1.54, 1.807) is 0 Å². The molecule has 82 valence electrons. The number of aromatic amines is 2. The van der Waals surface area contributed by atoms with Gasteiger partial charge in [0, 0.05) is 36.2 Å². The molecule has 0 saturated heterocycles. The fourth-order valence-electron chi connectivity index (χ4n) is 2.15. The molecule has 0 amide bonds. The Morgan fingerprint density at radius 2 is 1.44 bits per heavy atom. The summed E-state index contributed by atoms with van der Waals surface area (Å²) in [6, 6.07) is 8.25. The molecule has 0 fully saturated rings. The van der Waals surface area contributed by atoms with Crippen molar-refractivity contribution in [1.82, 2.24) is 20.6 Å². The fourth-order valence-corrected chi connectivity index (χ4v) is 2.15. The lowest BCUT2D eigenvalue weighted by Crippen LogP contribution is -2.38. The molecular weight excluding hydrogens is 200 g/mol. The highest BCUT2D eigenvalue weighted by Gasteiger charge is 2.26. The molecule has 1 aliphatic heterocycles. The van der Waals surface area contributed by atoms with Crippen molar-refractivity contribution >= 4 is 0 Å². The molecule has 4 nitrogen and oxygen atoms in total. The maximum atomic E-state index is 3.30. The number of hydrogen-bond donors (Lipinski definition) is 4. The second-order valence-electron chi connectivity index (χ2n) is 3.87. The summed E-state index contributed by atoms with van der Waals surface area (Å²) in [5.74, 6) is 0.250. The zero-order valence-electron chi connectivity index (χ0n) is 8.77. The molecule has 4 heteroatoms. The van der Waals surface area contributed by atoms with Crippen LogP contribution in [0.25, 0.3) is 0 Å². The minimum absolute atomic E-state index is 0.192. The average Bonchev–Trinajstić information content (AvgIpc) is 3.02. The maximum absolute atomic E-state index is 3.30. The van der Waals surface area contributed by atoms with Crippen LogP contribution in [0.4, 0.5) is 0 Å². The molecule has 0 radical (unpaired) electrons. The standard InChI is InChI=1S/C12H14N4/c1-3-9(13-5-1)11(10-4-2-6-14-10)12-15-7-8-16-12/h1-8,11-16H. The second kappa shape index (κ2) is 3.81. The fraction of sp³-hybridized carbons (Fsp3) is 0.167. The minimum atomic E-state index is 0.192. The van der Waals surface area contributed by atoms with E-state index in [9.17, 15) is 0 Å². The van der Waals surface area contributed by atoms with Gasteiger partial charge in [-0.25, -0.2) is 0 Å².